The van der Waals surface area contributed by atoms with E-state index in [0.717, 1.165) is 108 Å². The topological polar surface area (TPSA) is 237 Å². The molecule has 0 aliphatic heterocycles. The molecule has 0 radical (unpaired) electrons. The number of phosphoric acid groups is 2. The van der Waals surface area contributed by atoms with E-state index in [-0.39, 0.29) is 25.7 Å². The molecule has 0 aromatic carbocycles. The van der Waals surface area contributed by atoms with E-state index in [0.29, 0.717) is 25.7 Å². The zero-order chi connectivity index (χ0) is 74.9. The summed E-state index contributed by atoms with van der Waals surface area (Å²) in [7, 11) is -9.92. The van der Waals surface area contributed by atoms with Gasteiger partial charge in [0.1, 0.15) is 19.3 Å². The maximum atomic E-state index is 13.1. The van der Waals surface area contributed by atoms with Gasteiger partial charge in [-0.15, -0.1) is 0 Å². The lowest BCUT2D eigenvalue weighted by Crippen LogP contribution is -2.30. The second kappa shape index (κ2) is 74.5. The summed E-state index contributed by atoms with van der Waals surface area (Å²) < 4.78 is 68.8. The molecule has 0 aromatic rings. The third-order valence-corrected chi connectivity index (χ3v) is 21.7. The van der Waals surface area contributed by atoms with Crippen LogP contribution < -0.4 is 0 Å². The molecule has 0 aliphatic rings. The standard InChI is InChI=1S/C83H162O17P2/c1-7-10-12-14-16-18-20-22-24-25-26-27-31-36-40-44-48-56-62-67-82(87)99-78(71-93-80(85)65-59-53-46-42-38-34-32-28-30-33-37-41-45-51-57-63-75(4)5)73-97-101(89,90)95-69-77(84)70-96-102(91,92)98-74-79(72-94-81(86)66-60-54-50-49-52-58-64-76(6)9-3)100-83(88)68-61-55-47-43-39-35-29-23-21-19-17-15-13-11-8-2/h75-79,84H,7-74H2,1-6H3,(H,89,90)(H,91,92)/t76?,77-,78-,79-/m1/s1. The number of carbonyl (C=O) groups excluding carboxylic acids is 4. The second-order valence-electron chi connectivity index (χ2n) is 30.6. The summed E-state index contributed by atoms with van der Waals surface area (Å²) in [6.07, 6.45) is 65.2. The highest BCUT2D eigenvalue weighted by atomic mass is 31.2. The molecule has 19 heteroatoms. The molecule has 0 spiro atoms. The van der Waals surface area contributed by atoms with Gasteiger partial charge in [0.25, 0.3) is 0 Å². The summed E-state index contributed by atoms with van der Waals surface area (Å²) in [5, 5.41) is 10.7. The van der Waals surface area contributed by atoms with E-state index in [9.17, 15) is 43.2 Å². The lowest BCUT2D eigenvalue weighted by molar-refractivity contribution is -0.161. The first-order valence-electron chi connectivity index (χ1n) is 43.0. The lowest BCUT2D eigenvalue weighted by Gasteiger charge is -2.21. The van der Waals surface area contributed by atoms with Gasteiger partial charge in [-0.05, 0) is 37.5 Å². The molecule has 17 nitrogen and oxygen atoms in total. The van der Waals surface area contributed by atoms with Gasteiger partial charge in [0, 0.05) is 25.7 Å². The van der Waals surface area contributed by atoms with E-state index in [4.69, 9.17) is 37.0 Å². The zero-order valence-corrected chi connectivity index (χ0v) is 68.7. The minimum atomic E-state index is -4.96. The number of hydrogen-bond acceptors (Lipinski definition) is 15. The SMILES string of the molecule is CCCCCCCCCCCCCCCCCCCCCC(=O)O[C@H](COC(=O)CCCCCCCCCCCCCCCCCC(C)C)COP(=O)(O)OC[C@@H](O)COP(=O)(O)OC[C@@H](COC(=O)CCCCCCCCC(C)CC)OC(=O)CCCCCCCCCCCCCCCCC. The number of unbranched alkanes of at least 4 members (excludes halogenated alkanes) is 51. The predicted octanol–water partition coefficient (Wildman–Crippen LogP) is 25.1. The van der Waals surface area contributed by atoms with Crippen molar-refractivity contribution in [3.05, 3.63) is 0 Å². The summed E-state index contributed by atoms with van der Waals surface area (Å²) >= 11 is 0. The molecule has 102 heavy (non-hydrogen) atoms. The molecule has 606 valence electrons. The van der Waals surface area contributed by atoms with Crippen LogP contribution in [0, 0.1) is 11.8 Å². The minimum Gasteiger partial charge on any atom is -0.462 e. The largest absolute Gasteiger partial charge is 0.472 e. The molecule has 0 rings (SSSR count). The molecule has 3 N–H and O–H groups in total. The van der Waals surface area contributed by atoms with Crippen LogP contribution in [0.1, 0.15) is 440 Å². The van der Waals surface area contributed by atoms with Gasteiger partial charge in [-0.1, -0.05) is 388 Å². The highest BCUT2D eigenvalue weighted by Gasteiger charge is 2.30. The molecule has 0 bridgehead atoms. The Morgan fingerprint density at radius 1 is 0.284 bits per heavy atom. The van der Waals surface area contributed by atoms with Crippen molar-refractivity contribution in [3.63, 3.8) is 0 Å². The van der Waals surface area contributed by atoms with Crippen LogP contribution in [-0.4, -0.2) is 96.7 Å². The number of esters is 4. The van der Waals surface area contributed by atoms with Crippen molar-refractivity contribution in [3.8, 4) is 0 Å². The fraction of sp³-hybridized carbons (Fsp3) is 0.952. The maximum absolute atomic E-state index is 13.1. The quantitative estimate of drug-likeness (QED) is 0.0222. The summed E-state index contributed by atoms with van der Waals surface area (Å²) in [6, 6.07) is 0. The summed E-state index contributed by atoms with van der Waals surface area (Å²) in [5.41, 5.74) is 0. The first-order chi connectivity index (χ1) is 49.4. The Morgan fingerprint density at radius 2 is 0.500 bits per heavy atom. The summed E-state index contributed by atoms with van der Waals surface area (Å²) in [5.74, 6) is -0.569. The number of hydrogen-bond donors (Lipinski definition) is 3. The van der Waals surface area contributed by atoms with Crippen molar-refractivity contribution in [1.82, 2.24) is 0 Å². The van der Waals surface area contributed by atoms with Gasteiger partial charge in [0.15, 0.2) is 12.2 Å². The van der Waals surface area contributed by atoms with E-state index in [1.807, 2.05) is 0 Å². The Hall–Kier alpha value is -1.94. The molecule has 6 atom stereocenters. The van der Waals surface area contributed by atoms with Crippen LogP contribution in [0.2, 0.25) is 0 Å². The number of aliphatic hydroxyl groups is 1. The van der Waals surface area contributed by atoms with Crippen LogP contribution in [0.4, 0.5) is 0 Å². The smallest absolute Gasteiger partial charge is 0.462 e. The van der Waals surface area contributed by atoms with Crippen molar-refractivity contribution >= 4 is 39.5 Å². The van der Waals surface area contributed by atoms with Gasteiger partial charge in [0.05, 0.1) is 26.4 Å². The van der Waals surface area contributed by atoms with Gasteiger partial charge in [-0.3, -0.25) is 37.3 Å². The third kappa shape index (κ3) is 74.9. The predicted molar refractivity (Wildman–Crippen MR) is 418 cm³/mol. The van der Waals surface area contributed by atoms with Crippen LogP contribution >= 0.6 is 15.6 Å². The van der Waals surface area contributed by atoms with Crippen LogP contribution in [0.3, 0.4) is 0 Å². The maximum Gasteiger partial charge on any atom is 0.472 e. The number of phosphoric ester groups is 2. The van der Waals surface area contributed by atoms with Crippen molar-refractivity contribution in [2.24, 2.45) is 11.8 Å². The molecule has 0 amide bonds. The number of carbonyl (C=O) groups is 4. The average Bonchev–Trinajstić information content (AvgIpc) is 0.951. The minimum absolute atomic E-state index is 0.107. The Bertz CT molecular complexity index is 1960. The van der Waals surface area contributed by atoms with Crippen LogP contribution in [-0.2, 0) is 65.4 Å². The van der Waals surface area contributed by atoms with Gasteiger partial charge in [0.2, 0.25) is 0 Å². The molecule has 0 saturated carbocycles. The molecule has 0 fully saturated rings. The zero-order valence-electron chi connectivity index (χ0n) is 66.9. The molecule has 0 heterocycles. The van der Waals surface area contributed by atoms with Crippen LogP contribution in [0.15, 0.2) is 0 Å². The molecular formula is C83H162O17P2. The third-order valence-electron chi connectivity index (χ3n) is 19.8. The van der Waals surface area contributed by atoms with Crippen molar-refractivity contribution in [2.45, 2.75) is 458 Å². The highest BCUT2D eigenvalue weighted by molar-refractivity contribution is 7.47. The number of aliphatic hydroxyl groups excluding tert-OH is 1. The summed E-state index contributed by atoms with van der Waals surface area (Å²) in [4.78, 5) is 73.1. The average molecular weight is 1490 g/mol. The van der Waals surface area contributed by atoms with E-state index in [2.05, 4.69) is 41.5 Å². The van der Waals surface area contributed by atoms with E-state index in [1.54, 1.807) is 0 Å². The Morgan fingerprint density at radius 3 is 0.745 bits per heavy atom. The number of ether oxygens (including phenoxy) is 4. The Balaban J connectivity index is 5.24. The van der Waals surface area contributed by atoms with Gasteiger partial charge < -0.3 is 33.8 Å². The second-order valence-corrected chi connectivity index (χ2v) is 33.5. The Kier molecular flexibility index (Phi) is 73.1. The fourth-order valence-electron chi connectivity index (χ4n) is 12.9. The Labute approximate surface area is 626 Å². The van der Waals surface area contributed by atoms with Crippen molar-refractivity contribution in [2.75, 3.05) is 39.6 Å². The molecular weight excluding hydrogens is 1330 g/mol. The highest BCUT2D eigenvalue weighted by Crippen LogP contribution is 2.45. The molecule has 0 saturated heterocycles. The fourth-order valence-corrected chi connectivity index (χ4v) is 14.4. The van der Waals surface area contributed by atoms with Crippen LogP contribution in [0.5, 0.6) is 0 Å². The van der Waals surface area contributed by atoms with E-state index >= 15 is 0 Å². The van der Waals surface area contributed by atoms with Crippen molar-refractivity contribution < 1.29 is 80.2 Å². The van der Waals surface area contributed by atoms with E-state index in [1.165, 1.54) is 250 Å². The number of rotatable bonds is 82. The summed E-state index contributed by atoms with van der Waals surface area (Å²) in [6.45, 7) is 9.64. The normalized spacial score (nSPS) is 14.1. The van der Waals surface area contributed by atoms with E-state index < -0.39 is 97.5 Å². The molecule has 3 unspecified atom stereocenters. The molecule has 0 aromatic heterocycles. The lowest BCUT2D eigenvalue weighted by atomic mass is 10.00. The van der Waals surface area contributed by atoms with Crippen LogP contribution in [0.25, 0.3) is 0 Å². The van der Waals surface area contributed by atoms with Gasteiger partial charge >= 0.3 is 39.5 Å². The van der Waals surface area contributed by atoms with Gasteiger partial charge in [-0.2, -0.15) is 0 Å². The van der Waals surface area contributed by atoms with Crippen molar-refractivity contribution in [1.29, 1.82) is 0 Å². The molecule has 0 aliphatic carbocycles. The van der Waals surface area contributed by atoms with Gasteiger partial charge in [-0.25, -0.2) is 9.13 Å². The first kappa shape index (κ1) is 100. The monoisotopic (exact) mass is 1490 g/mol. The first-order valence-corrected chi connectivity index (χ1v) is 46.0.